The molecule has 3 aliphatic rings. The first kappa shape index (κ1) is 56.4. The Balaban J connectivity index is 0.000000160. The lowest BCUT2D eigenvalue weighted by Crippen LogP contribution is -2.46. The molecule has 0 aliphatic carbocycles. The van der Waals surface area contributed by atoms with Crippen molar-refractivity contribution < 1.29 is 42.6 Å². The molecule has 4 aromatic carbocycles. The van der Waals surface area contributed by atoms with Crippen LogP contribution in [-0.2, 0) is 9.47 Å². The number of alkyl carbamates (subject to hydrolysis) is 1. The number of halogens is 3. The van der Waals surface area contributed by atoms with Crippen molar-refractivity contribution in [2.75, 3.05) is 56.8 Å². The van der Waals surface area contributed by atoms with E-state index in [1.807, 2.05) is 49.7 Å². The van der Waals surface area contributed by atoms with E-state index in [2.05, 4.69) is 68.1 Å². The highest BCUT2D eigenvalue weighted by molar-refractivity contribution is 9.10. The molecule has 3 saturated heterocycles. The zero-order chi connectivity index (χ0) is 55.8. The smallest absolute Gasteiger partial charge is 0.491 e. The van der Waals surface area contributed by atoms with Gasteiger partial charge in [0.2, 0.25) is 0 Å². The number of anilines is 2. The molecule has 11 rings (SSSR count). The van der Waals surface area contributed by atoms with Crippen LogP contribution in [0.4, 0.5) is 25.2 Å². The second-order valence-corrected chi connectivity index (χ2v) is 21.3. The fraction of sp³-hybridized carbons (Fsp3) is 0.375. The van der Waals surface area contributed by atoms with Crippen molar-refractivity contribution in [2.24, 2.45) is 5.73 Å². The lowest BCUT2D eigenvalue weighted by Gasteiger charge is -2.33. The van der Waals surface area contributed by atoms with Crippen molar-refractivity contribution in [2.45, 2.75) is 89.6 Å². The van der Waals surface area contributed by atoms with Gasteiger partial charge in [-0.3, -0.25) is 15.1 Å². The van der Waals surface area contributed by atoms with E-state index in [9.17, 15) is 13.6 Å². The largest absolute Gasteiger partial charge is 0.494 e. The number of hydrogen-bond acceptors (Lipinski definition) is 16. The monoisotopic (exact) mass is 1140 g/mol. The summed E-state index contributed by atoms with van der Waals surface area (Å²) in [5.74, 6) is 0.713. The number of carbonyl (C=O) groups is 1. The minimum Gasteiger partial charge on any atom is -0.494 e. The van der Waals surface area contributed by atoms with Crippen molar-refractivity contribution in [3.63, 3.8) is 0 Å². The zero-order valence-electron chi connectivity index (χ0n) is 44.7. The predicted octanol–water partition coefficient (Wildman–Crippen LogP) is 8.72. The molecule has 0 radical (unpaired) electrons. The summed E-state index contributed by atoms with van der Waals surface area (Å²) < 4.78 is 52.1. The first-order chi connectivity index (χ1) is 38.1. The minimum absolute atomic E-state index is 0.000556. The number of carbonyl (C=O) groups excluding carboxylic acids is 1. The minimum atomic E-state index is -1.81. The molecule has 3 aliphatic heterocycles. The Morgan fingerprint density at radius 1 is 0.797 bits per heavy atom. The van der Waals surface area contributed by atoms with Crippen LogP contribution in [0.25, 0.3) is 55.7 Å². The van der Waals surface area contributed by atoms with E-state index in [1.54, 1.807) is 43.0 Å². The van der Waals surface area contributed by atoms with E-state index in [4.69, 9.17) is 45.1 Å². The van der Waals surface area contributed by atoms with Gasteiger partial charge in [-0.15, -0.1) is 0 Å². The van der Waals surface area contributed by atoms with Crippen molar-refractivity contribution in [1.29, 1.82) is 0 Å². The highest BCUT2D eigenvalue weighted by Gasteiger charge is 2.27. The summed E-state index contributed by atoms with van der Waals surface area (Å²) in [7, 11) is 0.966. The van der Waals surface area contributed by atoms with Crippen LogP contribution in [0.1, 0.15) is 71.9 Å². The molecule has 1 unspecified atom stereocenters. The molecule has 8 aromatic rings. The maximum atomic E-state index is 14.8. The first-order valence-electron chi connectivity index (χ1n) is 26.3. The number of nitrogens with one attached hydrogen (secondary N) is 2. The standard InChI is InChI=1S/C26H33BrN6O3.C23H23FN6O.C7H8BFO3/c1-26(2,3)36-25(34)29-18-9-11-32(12-10-18)22-16-28-15-20(30-22)24-19-14-17(27)7-8-21(19)33(31-24)23-6-4-5-13-35-23;1-31-20-4-2-3-16(22(20)24)14-5-6-18-17(11-14)23(29-28-18)19-12-26-13-21(27-19)30-9-7-15(25)8-10-30;1-12-6-4-2-3-5(7(6)9)8(10)11/h7-8,14-16,18,23H,4-6,9-13H2,1-3H3,(H,29,34);2-6,11-13,15H,7-10,25H2,1H3,(H,28,29);2-4,10-11H,1H3. The summed E-state index contributed by atoms with van der Waals surface area (Å²) in [6.45, 7) is 9.63. The number of piperidine rings is 2. The molecule has 1 amide bonds. The van der Waals surface area contributed by atoms with Crippen molar-refractivity contribution in [3.8, 4) is 45.4 Å². The number of ether oxygens (including phenoxy) is 4. The van der Waals surface area contributed by atoms with Gasteiger partial charge >= 0.3 is 13.2 Å². The van der Waals surface area contributed by atoms with Gasteiger partial charge in [-0.05, 0) is 114 Å². The van der Waals surface area contributed by atoms with Crippen LogP contribution < -0.4 is 35.8 Å². The fourth-order valence-electron chi connectivity index (χ4n) is 9.69. The number of methoxy groups -OCH3 is 2. The number of H-pyrrole nitrogens is 1. The summed E-state index contributed by atoms with van der Waals surface area (Å²) in [6.07, 6.45) is 13.3. The molecular weight excluding hydrogens is 1080 g/mol. The van der Waals surface area contributed by atoms with Crippen LogP contribution in [0.3, 0.4) is 0 Å². The van der Waals surface area contributed by atoms with Crippen LogP contribution in [0, 0.1) is 11.6 Å². The molecule has 414 valence electrons. The van der Waals surface area contributed by atoms with E-state index < -0.39 is 18.5 Å². The summed E-state index contributed by atoms with van der Waals surface area (Å²) in [5.41, 5.74) is 11.3. The fourth-order valence-corrected chi connectivity index (χ4v) is 10.1. The van der Waals surface area contributed by atoms with Gasteiger partial charge in [-0.25, -0.2) is 28.2 Å². The molecule has 23 heteroatoms. The average molecular weight is 1150 g/mol. The number of fused-ring (bicyclic) bond motifs is 2. The van der Waals surface area contributed by atoms with Crippen LogP contribution in [0.5, 0.6) is 11.5 Å². The average Bonchev–Trinajstić information content (AvgIpc) is 4.26. The van der Waals surface area contributed by atoms with E-state index in [0.29, 0.717) is 17.0 Å². The molecule has 0 spiro atoms. The van der Waals surface area contributed by atoms with Gasteiger partial charge in [-0.2, -0.15) is 10.2 Å². The number of aromatic nitrogens is 8. The summed E-state index contributed by atoms with van der Waals surface area (Å²) in [4.78, 5) is 35.2. The highest BCUT2D eigenvalue weighted by Crippen LogP contribution is 2.36. The van der Waals surface area contributed by atoms with Crippen molar-refractivity contribution in [3.05, 3.63) is 114 Å². The van der Waals surface area contributed by atoms with Crippen LogP contribution in [0.2, 0.25) is 0 Å². The van der Waals surface area contributed by atoms with E-state index in [0.717, 1.165) is 133 Å². The second kappa shape index (κ2) is 25.2. The van der Waals surface area contributed by atoms with Gasteiger partial charge in [-0.1, -0.05) is 46.3 Å². The van der Waals surface area contributed by atoms with Gasteiger partial charge < -0.3 is 49.8 Å². The lowest BCUT2D eigenvalue weighted by atomic mass is 9.80. The molecule has 4 aromatic heterocycles. The van der Waals surface area contributed by atoms with Gasteiger partial charge in [0.1, 0.15) is 40.0 Å². The van der Waals surface area contributed by atoms with Crippen molar-refractivity contribution >= 4 is 68.0 Å². The predicted molar refractivity (Wildman–Crippen MR) is 303 cm³/mol. The Morgan fingerprint density at radius 3 is 2.08 bits per heavy atom. The normalized spacial score (nSPS) is 16.2. The maximum Gasteiger partial charge on any atom is 0.491 e. The molecular formula is C56H64BBrF2N12O7. The number of aromatic amines is 1. The number of benzene rings is 4. The topological polar surface area (TPSA) is 237 Å². The molecule has 79 heavy (non-hydrogen) atoms. The SMILES string of the molecule is CC(C)(C)OC(=O)NC1CCN(c2cncc(-c3nn(C4CCCCO4)c4ccc(Br)cc34)n2)CC1.COc1cccc(-c2ccc3[nH]nc(-c4cncc(N5CCC(N)CC5)n4)c3c2)c1F.COc1cccc(B(O)O)c1F. The Labute approximate surface area is 465 Å². The highest BCUT2D eigenvalue weighted by atomic mass is 79.9. The Kier molecular flexibility index (Phi) is 18.0. The second-order valence-electron chi connectivity index (χ2n) is 20.4. The van der Waals surface area contributed by atoms with Crippen LogP contribution in [-0.4, -0.2) is 128 Å². The lowest BCUT2D eigenvalue weighted by molar-refractivity contribution is -0.0365. The van der Waals surface area contributed by atoms with Crippen molar-refractivity contribution in [1.82, 2.24) is 45.2 Å². The molecule has 3 fully saturated rings. The van der Waals surface area contributed by atoms with E-state index >= 15 is 0 Å². The summed E-state index contributed by atoms with van der Waals surface area (Å²) in [5, 5.41) is 34.7. The Morgan fingerprint density at radius 2 is 1.44 bits per heavy atom. The first-order valence-corrected chi connectivity index (χ1v) is 27.1. The summed E-state index contributed by atoms with van der Waals surface area (Å²) >= 11 is 3.61. The van der Waals surface area contributed by atoms with Gasteiger partial charge in [0.15, 0.2) is 29.4 Å². The molecule has 0 saturated carbocycles. The molecule has 0 bridgehead atoms. The number of rotatable bonds is 10. The quantitative estimate of drug-likeness (QED) is 0.0805. The van der Waals surface area contributed by atoms with E-state index in [-0.39, 0.29) is 47.2 Å². The zero-order valence-corrected chi connectivity index (χ0v) is 46.3. The third-order valence-electron chi connectivity index (χ3n) is 13.8. The maximum absolute atomic E-state index is 14.8. The summed E-state index contributed by atoms with van der Waals surface area (Å²) in [6, 6.07) is 21.5. The number of hydrogen-bond donors (Lipinski definition) is 5. The van der Waals surface area contributed by atoms with Gasteiger partial charge in [0.25, 0.3) is 0 Å². The number of nitrogens with two attached hydrogens (primary N) is 1. The van der Waals surface area contributed by atoms with Gasteiger partial charge in [0.05, 0.1) is 50.0 Å². The van der Waals surface area contributed by atoms with E-state index in [1.165, 1.54) is 32.4 Å². The third-order valence-corrected chi connectivity index (χ3v) is 14.3. The van der Waals surface area contributed by atoms with Crippen LogP contribution in [0.15, 0.2) is 102 Å². The molecule has 19 nitrogen and oxygen atoms in total. The van der Waals surface area contributed by atoms with Gasteiger partial charge in [0, 0.05) is 71.1 Å². The molecule has 7 heterocycles. The van der Waals surface area contributed by atoms with Crippen LogP contribution >= 0.6 is 15.9 Å². The molecule has 6 N–H and O–H groups in total. The Hall–Kier alpha value is -7.31. The third kappa shape index (κ3) is 13.6. The Bertz CT molecular complexity index is 3380. The number of nitrogens with zero attached hydrogens (tertiary/aromatic N) is 9. The number of amides is 1. The molecule has 1 atom stereocenters.